The van der Waals surface area contributed by atoms with Crippen molar-refractivity contribution < 1.29 is 17.9 Å². The molecule has 2 aromatic rings. The van der Waals surface area contributed by atoms with Gasteiger partial charge in [-0.3, -0.25) is 9.10 Å². The molecule has 24 heavy (non-hydrogen) atoms. The van der Waals surface area contributed by atoms with E-state index in [0.29, 0.717) is 16.3 Å². The molecule has 0 fully saturated rings. The largest absolute Gasteiger partial charge is 0.466 e. The van der Waals surface area contributed by atoms with Crippen molar-refractivity contribution in [1.82, 2.24) is 0 Å². The number of carbonyl (C=O) groups excluding carboxylic acids is 1. The minimum Gasteiger partial charge on any atom is -0.466 e. The molecule has 1 aliphatic heterocycles. The van der Waals surface area contributed by atoms with Gasteiger partial charge in [-0.15, -0.1) is 0 Å². The van der Waals surface area contributed by atoms with Crippen LogP contribution in [0.3, 0.4) is 0 Å². The molecule has 0 saturated carbocycles. The molecule has 0 radical (unpaired) electrons. The molecule has 0 saturated heterocycles. The number of hydrogen-bond acceptors (Lipinski definition) is 4. The minimum atomic E-state index is -3.74. The lowest BCUT2D eigenvalue weighted by Crippen LogP contribution is -2.30. The summed E-state index contributed by atoms with van der Waals surface area (Å²) in [5, 5.41) is 0.509. The first-order valence-corrected chi connectivity index (χ1v) is 9.31. The predicted octanol–water partition coefficient (Wildman–Crippen LogP) is 3.54. The molecule has 0 spiro atoms. The van der Waals surface area contributed by atoms with Crippen LogP contribution in [0.1, 0.15) is 24.9 Å². The minimum absolute atomic E-state index is 0.0489. The SMILES string of the molecule is CCOC(=O)CC1c2ccccc2S(=O)(=O)N1c1ccc(Cl)cc1. The van der Waals surface area contributed by atoms with Gasteiger partial charge in [-0.1, -0.05) is 29.8 Å². The lowest BCUT2D eigenvalue weighted by Gasteiger charge is -2.25. The average Bonchev–Trinajstić information content (AvgIpc) is 2.77. The van der Waals surface area contributed by atoms with Gasteiger partial charge < -0.3 is 4.74 Å². The molecule has 5 nitrogen and oxygen atoms in total. The Morgan fingerprint density at radius 1 is 1.17 bits per heavy atom. The van der Waals surface area contributed by atoms with Gasteiger partial charge in [0.25, 0.3) is 10.0 Å². The molecule has 2 aromatic carbocycles. The van der Waals surface area contributed by atoms with Gasteiger partial charge >= 0.3 is 5.97 Å². The highest BCUT2D eigenvalue weighted by Gasteiger charge is 2.43. The Bertz CT molecular complexity index is 864. The zero-order chi connectivity index (χ0) is 17.3. The molecular weight excluding hydrogens is 350 g/mol. The van der Waals surface area contributed by atoms with E-state index in [1.165, 1.54) is 4.31 Å². The van der Waals surface area contributed by atoms with Crippen LogP contribution in [0.25, 0.3) is 0 Å². The van der Waals surface area contributed by atoms with Crippen molar-refractivity contribution in [2.24, 2.45) is 0 Å². The number of esters is 1. The number of hydrogen-bond donors (Lipinski definition) is 0. The molecule has 1 unspecified atom stereocenters. The van der Waals surface area contributed by atoms with Crippen molar-refractivity contribution in [2.45, 2.75) is 24.3 Å². The van der Waals surface area contributed by atoms with Crippen LogP contribution in [0.4, 0.5) is 5.69 Å². The number of fused-ring (bicyclic) bond motifs is 1. The van der Waals surface area contributed by atoms with Gasteiger partial charge in [0.2, 0.25) is 0 Å². The Kier molecular flexibility index (Phi) is 4.51. The summed E-state index contributed by atoms with van der Waals surface area (Å²) in [5.41, 5.74) is 1.06. The monoisotopic (exact) mass is 365 g/mol. The van der Waals surface area contributed by atoms with Crippen LogP contribution < -0.4 is 4.31 Å². The molecule has 1 atom stereocenters. The summed E-state index contributed by atoms with van der Waals surface area (Å²) in [6, 6.07) is 12.6. The fourth-order valence-corrected chi connectivity index (χ4v) is 4.88. The van der Waals surface area contributed by atoms with Crippen LogP contribution >= 0.6 is 11.6 Å². The maximum Gasteiger partial charge on any atom is 0.308 e. The van der Waals surface area contributed by atoms with Gasteiger partial charge in [-0.2, -0.15) is 0 Å². The highest BCUT2D eigenvalue weighted by atomic mass is 35.5. The average molecular weight is 366 g/mol. The third-order valence-electron chi connectivity index (χ3n) is 3.84. The van der Waals surface area contributed by atoms with E-state index in [9.17, 15) is 13.2 Å². The summed E-state index contributed by atoms with van der Waals surface area (Å²) in [6.45, 7) is 1.97. The number of ether oxygens (including phenoxy) is 1. The van der Waals surface area contributed by atoms with Crippen LogP contribution in [0, 0.1) is 0 Å². The van der Waals surface area contributed by atoms with Gasteiger partial charge in [0, 0.05) is 5.02 Å². The fourth-order valence-electron chi connectivity index (χ4n) is 2.87. The Morgan fingerprint density at radius 3 is 2.50 bits per heavy atom. The fraction of sp³-hybridized carbons (Fsp3) is 0.235. The summed E-state index contributed by atoms with van der Waals surface area (Å²) in [5.74, 6) is -0.437. The van der Waals surface area contributed by atoms with Crippen LogP contribution in [0.15, 0.2) is 53.4 Å². The van der Waals surface area contributed by atoms with Crippen molar-refractivity contribution in [2.75, 3.05) is 10.9 Å². The number of anilines is 1. The first-order chi connectivity index (χ1) is 11.4. The molecule has 3 rings (SSSR count). The number of sulfonamides is 1. The van der Waals surface area contributed by atoms with E-state index in [1.54, 1.807) is 55.5 Å². The number of carbonyl (C=O) groups is 1. The molecule has 0 N–H and O–H groups in total. The molecule has 0 bridgehead atoms. The van der Waals surface area contributed by atoms with Gasteiger partial charge in [-0.25, -0.2) is 8.42 Å². The van der Waals surface area contributed by atoms with Crippen molar-refractivity contribution >= 4 is 33.3 Å². The van der Waals surface area contributed by atoms with Crippen LogP contribution in [0.2, 0.25) is 5.02 Å². The van der Waals surface area contributed by atoms with E-state index in [-0.39, 0.29) is 17.9 Å². The molecular formula is C17H16ClNO4S. The van der Waals surface area contributed by atoms with E-state index < -0.39 is 22.0 Å². The standard InChI is InChI=1S/C17H16ClNO4S/c1-2-23-17(20)11-15-14-5-3-4-6-16(14)24(21,22)19(15)13-9-7-12(18)8-10-13/h3-10,15H,2,11H2,1H3. The molecule has 0 aromatic heterocycles. The van der Waals surface area contributed by atoms with E-state index in [2.05, 4.69) is 0 Å². The van der Waals surface area contributed by atoms with Crippen LogP contribution in [-0.4, -0.2) is 21.0 Å². The van der Waals surface area contributed by atoms with Crippen molar-refractivity contribution in [3.05, 3.63) is 59.1 Å². The molecule has 126 valence electrons. The second kappa shape index (κ2) is 6.45. The Hall–Kier alpha value is -2.05. The van der Waals surface area contributed by atoms with E-state index in [4.69, 9.17) is 16.3 Å². The second-order valence-corrected chi connectivity index (χ2v) is 7.56. The quantitative estimate of drug-likeness (QED) is 0.777. The van der Waals surface area contributed by atoms with Gasteiger partial charge in [0.05, 0.1) is 29.7 Å². The maximum atomic E-state index is 13.0. The van der Waals surface area contributed by atoms with E-state index >= 15 is 0 Å². The zero-order valence-electron chi connectivity index (χ0n) is 13.0. The first-order valence-electron chi connectivity index (χ1n) is 7.49. The summed E-state index contributed by atoms with van der Waals surface area (Å²) < 4.78 is 32.2. The number of nitrogens with zero attached hydrogens (tertiary/aromatic N) is 1. The third kappa shape index (κ3) is 2.87. The Labute approximate surface area is 145 Å². The van der Waals surface area contributed by atoms with Crippen molar-refractivity contribution in [1.29, 1.82) is 0 Å². The van der Waals surface area contributed by atoms with Crippen molar-refractivity contribution in [3.63, 3.8) is 0 Å². The van der Waals surface area contributed by atoms with Crippen LogP contribution in [0.5, 0.6) is 0 Å². The van der Waals surface area contributed by atoms with Gasteiger partial charge in [-0.05, 0) is 42.8 Å². The van der Waals surface area contributed by atoms with Crippen molar-refractivity contribution in [3.8, 4) is 0 Å². The molecule has 7 heteroatoms. The third-order valence-corrected chi connectivity index (χ3v) is 6.01. The lowest BCUT2D eigenvalue weighted by molar-refractivity contribution is -0.143. The molecule has 1 aliphatic rings. The smallest absolute Gasteiger partial charge is 0.308 e. The van der Waals surface area contributed by atoms with Gasteiger partial charge in [0.1, 0.15) is 0 Å². The van der Waals surface area contributed by atoms with E-state index in [0.717, 1.165) is 0 Å². The molecule has 1 heterocycles. The highest BCUT2D eigenvalue weighted by Crippen LogP contribution is 2.44. The Balaban J connectivity index is 2.10. The maximum absolute atomic E-state index is 13.0. The Morgan fingerprint density at radius 2 is 1.83 bits per heavy atom. The topological polar surface area (TPSA) is 63.7 Å². The van der Waals surface area contributed by atoms with E-state index in [1.807, 2.05) is 0 Å². The molecule has 0 amide bonds. The number of rotatable bonds is 4. The van der Waals surface area contributed by atoms with Gasteiger partial charge in [0.15, 0.2) is 0 Å². The normalized spacial score (nSPS) is 18.2. The summed E-state index contributed by atoms with van der Waals surface area (Å²) >= 11 is 5.90. The molecule has 0 aliphatic carbocycles. The number of halogens is 1. The summed E-state index contributed by atoms with van der Waals surface area (Å²) in [4.78, 5) is 12.2. The first kappa shape index (κ1) is 16.8. The number of benzene rings is 2. The lowest BCUT2D eigenvalue weighted by atomic mass is 10.0. The second-order valence-electron chi connectivity index (χ2n) is 5.34. The highest BCUT2D eigenvalue weighted by molar-refractivity contribution is 7.93. The summed E-state index contributed by atoms with van der Waals surface area (Å²) in [6.07, 6.45) is -0.0489. The predicted molar refractivity (Wildman–Crippen MR) is 91.5 cm³/mol. The zero-order valence-corrected chi connectivity index (χ0v) is 14.5. The van der Waals surface area contributed by atoms with Crippen LogP contribution in [-0.2, 0) is 19.6 Å². The summed E-state index contributed by atoms with van der Waals surface area (Å²) in [7, 11) is -3.74.